The topological polar surface area (TPSA) is 87.7 Å². The Morgan fingerprint density at radius 1 is 1.00 bits per heavy atom. The van der Waals surface area contributed by atoms with E-state index in [4.69, 9.17) is 4.74 Å². The van der Waals surface area contributed by atoms with Gasteiger partial charge in [-0.25, -0.2) is 4.79 Å². The van der Waals surface area contributed by atoms with Crippen LogP contribution in [0.3, 0.4) is 0 Å². The maximum atomic E-state index is 14.0. The Morgan fingerprint density at radius 2 is 1.62 bits per heavy atom. The van der Waals surface area contributed by atoms with Gasteiger partial charge in [-0.15, -0.1) is 11.3 Å². The fourth-order valence-electron chi connectivity index (χ4n) is 4.80. The third-order valence-electron chi connectivity index (χ3n) is 7.34. The number of likely N-dealkylation sites (N-methyl/N-ethyl adjacent to an activating group) is 2. The lowest BCUT2D eigenvalue weighted by atomic mass is 9.76. The first-order valence-electron chi connectivity index (χ1n) is 13.8. The Bertz CT molecular complexity index is 1150. The molecule has 7 nitrogen and oxygen atoms in total. The number of esters is 1. The van der Waals surface area contributed by atoms with E-state index >= 15 is 0 Å². The standard InChI is InChI=1S/C32H47N3O4S/c1-21(2)25(19-22(3)30(38)39-20-24-17-14-18-40-24)35(10)29(37)27(31(4,5)6)34-28(36)26(33-9)32(7,8)23-15-12-11-13-16-23/h11-19,21,25-27,33H,20H2,1-10H3,(H,34,36)/b22-19+/t25-,26-,27-/m1/s1. The molecule has 0 aliphatic rings. The van der Waals surface area contributed by atoms with Gasteiger partial charge in [-0.2, -0.15) is 0 Å². The van der Waals surface area contributed by atoms with Crippen molar-refractivity contribution in [2.45, 2.75) is 85.5 Å². The highest BCUT2D eigenvalue weighted by Crippen LogP contribution is 2.29. The minimum atomic E-state index is -0.784. The van der Waals surface area contributed by atoms with Gasteiger partial charge in [-0.05, 0) is 42.3 Å². The normalized spacial score (nSPS) is 14.8. The fraction of sp³-hybridized carbons (Fsp3) is 0.531. The number of amides is 2. The maximum absolute atomic E-state index is 14.0. The highest BCUT2D eigenvalue weighted by molar-refractivity contribution is 7.09. The number of thiophene rings is 1. The minimum Gasteiger partial charge on any atom is -0.457 e. The number of carbonyl (C=O) groups excluding carboxylic acids is 3. The van der Waals surface area contributed by atoms with Gasteiger partial charge in [0.05, 0.1) is 12.1 Å². The van der Waals surface area contributed by atoms with Gasteiger partial charge in [-0.3, -0.25) is 9.59 Å². The lowest BCUT2D eigenvalue weighted by molar-refractivity contribution is -0.141. The summed E-state index contributed by atoms with van der Waals surface area (Å²) >= 11 is 1.53. The minimum absolute atomic E-state index is 0.0207. The van der Waals surface area contributed by atoms with E-state index in [1.54, 1.807) is 32.0 Å². The van der Waals surface area contributed by atoms with Crippen LogP contribution in [0.15, 0.2) is 59.5 Å². The van der Waals surface area contributed by atoms with Gasteiger partial charge in [0.25, 0.3) is 0 Å². The van der Waals surface area contributed by atoms with Gasteiger partial charge in [0, 0.05) is 22.9 Å². The molecule has 40 heavy (non-hydrogen) atoms. The highest BCUT2D eigenvalue weighted by Gasteiger charge is 2.41. The molecule has 220 valence electrons. The van der Waals surface area contributed by atoms with Gasteiger partial charge in [0.1, 0.15) is 12.6 Å². The van der Waals surface area contributed by atoms with Gasteiger partial charge in [0.15, 0.2) is 0 Å². The quantitative estimate of drug-likeness (QED) is 0.267. The van der Waals surface area contributed by atoms with Crippen molar-refractivity contribution in [3.63, 3.8) is 0 Å². The molecule has 1 aromatic carbocycles. The second-order valence-electron chi connectivity index (χ2n) is 12.3. The Hall–Kier alpha value is -2.97. The van der Waals surface area contributed by atoms with Crippen LogP contribution < -0.4 is 10.6 Å². The van der Waals surface area contributed by atoms with Gasteiger partial charge < -0.3 is 20.3 Å². The molecule has 2 N–H and O–H groups in total. The number of carbonyl (C=O) groups is 3. The van der Waals surface area contributed by atoms with Crippen molar-refractivity contribution >= 4 is 29.1 Å². The van der Waals surface area contributed by atoms with E-state index in [-0.39, 0.29) is 30.4 Å². The molecule has 0 spiro atoms. The lowest BCUT2D eigenvalue weighted by Crippen LogP contribution is -2.61. The average molecular weight is 570 g/mol. The summed E-state index contributed by atoms with van der Waals surface area (Å²) in [5, 5.41) is 8.17. The number of benzene rings is 1. The third kappa shape index (κ3) is 8.51. The molecule has 0 saturated carbocycles. The van der Waals surface area contributed by atoms with E-state index in [9.17, 15) is 14.4 Å². The number of hydrogen-bond donors (Lipinski definition) is 2. The molecule has 1 aromatic heterocycles. The van der Waals surface area contributed by atoms with Crippen LogP contribution in [0.25, 0.3) is 0 Å². The largest absolute Gasteiger partial charge is 0.457 e. The first-order chi connectivity index (χ1) is 18.6. The number of ether oxygens (including phenoxy) is 1. The van der Waals surface area contributed by atoms with E-state index in [2.05, 4.69) is 10.6 Å². The Balaban J connectivity index is 2.26. The van der Waals surface area contributed by atoms with Crippen LogP contribution in [0.2, 0.25) is 0 Å². The summed E-state index contributed by atoms with van der Waals surface area (Å²) < 4.78 is 5.47. The first kappa shape index (κ1) is 33.2. The summed E-state index contributed by atoms with van der Waals surface area (Å²) in [5.74, 6) is -0.862. The Kier molecular flexibility index (Phi) is 11.7. The van der Waals surface area contributed by atoms with Crippen LogP contribution in [0.1, 0.15) is 65.8 Å². The van der Waals surface area contributed by atoms with Crippen molar-refractivity contribution in [3.8, 4) is 0 Å². The van der Waals surface area contributed by atoms with Gasteiger partial charge >= 0.3 is 5.97 Å². The van der Waals surface area contributed by atoms with Crippen molar-refractivity contribution in [2.75, 3.05) is 14.1 Å². The number of rotatable bonds is 12. The summed E-state index contributed by atoms with van der Waals surface area (Å²) in [6.07, 6.45) is 1.79. The lowest BCUT2D eigenvalue weighted by Gasteiger charge is -2.40. The molecule has 2 amide bonds. The van der Waals surface area contributed by atoms with E-state index < -0.39 is 28.9 Å². The SMILES string of the molecule is CN[C@H](C(=O)N[C@H](C(=O)N(C)[C@H](/C=C(\C)C(=O)OCc1cccs1)C(C)C)C(C)(C)C)C(C)(C)c1ccccc1. The van der Waals surface area contributed by atoms with Crippen molar-refractivity contribution in [1.29, 1.82) is 0 Å². The summed E-state index contributed by atoms with van der Waals surface area (Å²) in [4.78, 5) is 43.0. The number of nitrogens with zero attached hydrogens (tertiary/aromatic N) is 1. The van der Waals surface area contributed by atoms with Crippen LogP contribution in [-0.4, -0.2) is 54.9 Å². The average Bonchev–Trinajstić information content (AvgIpc) is 3.41. The van der Waals surface area contributed by atoms with E-state index in [0.717, 1.165) is 10.4 Å². The second-order valence-corrected chi connectivity index (χ2v) is 13.3. The second kappa shape index (κ2) is 14.1. The third-order valence-corrected chi connectivity index (χ3v) is 8.19. The molecule has 0 radical (unpaired) electrons. The number of hydrogen-bond acceptors (Lipinski definition) is 6. The van der Waals surface area contributed by atoms with Crippen molar-refractivity contribution in [1.82, 2.24) is 15.5 Å². The molecule has 2 rings (SSSR count). The molecule has 0 saturated heterocycles. The molecule has 0 aliphatic heterocycles. The van der Waals surface area contributed by atoms with Crippen molar-refractivity contribution in [2.24, 2.45) is 11.3 Å². The smallest absolute Gasteiger partial charge is 0.333 e. The van der Waals surface area contributed by atoms with Gasteiger partial charge in [-0.1, -0.05) is 90.9 Å². The molecule has 1 heterocycles. The van der Waals surface area contributed by atoms with E-state index in [1.807, 2.05) is 96.3 Å². The summed E-state index contributed by atoms with van der Waals surface area (Å²) in [6, 6.07) is 12.0. The van der Waals surface area contributed by atoms with Crippen LogP contribution >= 0.6 is 11.3 Å². The molecule has 0 aliphatic carbocycles. The van der Waals surface area contributed by atoms with Crippen LogP contribution in [0.4, 0.5) is 0 Å². The fourth-order valence-corrected chi connectivity index (χ4v) is 5.42. The van der Waals surface area contributed by atoms with Gasteiger partial charge in [0.2, 0.25) is 11.8 Å². The predicted octanol–water partition coefficient (Wildman–Crippen LogP) is 5.32. The molecule has 0 bridgehead atoms. The van der Waals surface area contributed by atoms with E-state index in [1.165, 1.54) is 11.3 Å². The van der Waals surface area contributed by atoms with Crippen molar-refractivity contribution in [3.05, 3.63) is 69.9 Å². The summed E-state index contributed by atoms with van der Waals surface area (Å²) in [6.45, 7) is 15.8. The monoisotopic (exact) mass is 569 g/mol. The first-order valence-corrected chi connectivity index (χ1v) is 14.7. The van der Waals surface area contributed by atoms with Crippen LogP contribution in [0.5, 0.6) is 0 Å². The molecular formula is C32H47N3O4S. The molecule has 0 fully saturated rings. The molecule has 8 heteroatoms. The molecular weight excluding hydrogens is 522 g/mol. The predicted molar refractivity (Wildman–Crippen MR) is 163 cm³/mol. The zero-order valence-electron chi connectivity index (χ0n) is 25.7. The highest BCUT2D eigenvalue weighted by atomic mass is 32.1. The molecule has 2 aromatic rings. The maximum Gasteiger partial charge on any atom is 0.333 e. The van der Waals surface area contributed by atoms with Crippen LogP contribution in [0, 0.1) is 11.3 Å². The number of nitrogens with one attached hydrogen (secondary N) is 2. The summed E-state index contributed by atoms with van der Waals surface area (Å²) in [7, 11) is 3.48. The summed E-state index contributed by atoms with van der Waals surface area (Å²) in [5.41, 5.74) is 0.370. The molecule has 3 atom stereocenters. The zero-order valence-corrected chi connectivity index (χ0v) is 26.5. The van der Waals surface area contributed by atoms with Crippen molar-refractivity contribution < 1.29 is 19.1 Å². The van der Waals surface area contributed by atoms with E-state index in [0.29, 0.717) is 5.57 Å². The van der Waals surface area contributed by atoms with Crippen LogP contribution in [-0.2, 0) is 31.1 Å². The molecule has 0 unspecified atom stereocenters. The zero-order chi connectivity index (χ0) is 30.3. The Morgan fingerprint density at radius 3 is 2.12 bits per heavy atom. The Labute approximate surface area is 244 Å².